The highest BCUT2D eigenvalue weighted by Gasteiger charge is 1.99. The first kappa shape index (κ1) is 13.5. The summed E-state index contributed by atoms with van der Waals surface area (Å²) in [5.74, 6) is 0.973. The summed E-state index contributed by atoms with van der Waals surface area (Å²) in [5.41, 5.74) is 1.17. The first-order valence-corrected chi connectivity index (χ1v) is 6.63. The summed E-state index contributed by atoms with van der Waals surface area (Å²) in [6, 6.07) is 6.08. The van der Waals surface area contributed by atoms with E-state index in [4.69, 9.17) is 4.74 Å². The molecule has 1 rings (SSSR count). The number of nitrogens with one attached hydrogen (secondary N) is 1. The van der Waals surface area contributed by atoms with Gasteiger partial charge >= 0.3 is 0 Å². The van der Waals surface area contributed by atoms with Gasteiger partial charge in [-0.3, -0.25) is 0 Å². The second-order valence-electron chi connectivity index (χ2n) is 3.86. The molecular weight excluding hydrogens is 266 g/mol. The molecule has 0 amide bonds. The van der Waals surface area contributed by atoms with Crippen LogP contribution in [0.1, 0.15) is 25.3 Å². The smallest absolute Gasteiger partial charge is 0.122 e. The summed E-state index contributed by atoms with van der Waals surface area (Å²) in [6.45, 7) is 6.98. The van der Waals surface area contributed by atoms with Crippen molar-refractivity contribution in [2.24, 2.45) is 0 Å². The van der Waals surface area contributed by atoms with E-state index in [0.29, 0.717) is 0 Å². The third kappa shape index (κ3) is 4.99. The highest BCUT2D eigenvalue weighted by atomic mass is 79.9. The first-order chi connectivity index (χ1) is 7.74. The van der Waals surface area contributed by atoms with Crippen LogP contribution in [0.4, 0.5) is 0 Å². The quantitative estimate of drug-likeness (QED) is 0.774. The predicted octanol–water partition coefficient (Wildman–Crippen LogP) is 3.53. The lowest BCUT2D eigenvalue weighted by molar-refractivity contribution is 0.312. The lowest BCUT2D eigenvalue weighted by Gasteiger charge is -2.09. The van der Waals surface area contributed by atoms with Gasteiger partial charge in [-0.15, -0.1) is 0 Å². The Kier molecular flexibility index (Phi) is 6.50. The minimum absolute atomic E-state index is 0.728. The van der Waals surface area contributed by atoms with Crippen molar-refractivity contribution in [1.82, 2.24) is 5.32 Å². The molecule has 2 nitrogen and oxygen atoms in total. The second kappa shape index (κ2) is 7.69. The van der Waals surface area contributed by atoms with Crippen LogP contribution in [0.15, 0.2) is 22.7 Å². The van der Waals surface area contributed by atoms with Crippen LogP contribution in [0, 0.1) is 6.92 Å². The molecule has 1 aromatic carbocycles. The maximum atomic E-state index is 5.69. The van der Waals surface area contributed by atoms with Crippen LogP contribution >= 0.6 is 15.9 Å². The number of hydrogen-bond acceptors (Lipinski definition) is 2. The number of halogens is 1. The molecule has 1 N–H and O–H groups in total. The standard InChI is InChI=1S/C13H20BrNO/c1-3-4-7-15-8-9-16-13-6-5-12(14)10-11(13)2/h5-6,10,15H,3-4,7-9H2,1-2H3. The number of hydrogen-bond donors (Lipinski definition) is 1. The Balaban J connectivity index is 2.21. The van der Waals surface area contributed by atoms with Crippen LogP contribution in [-0.4, -0.2) is 19.7 Å². The van der Waals surface area contributed by atoms with E-state index in [9.17, 15) is 0 Å². The van der Waals surface area contributed by atoms with E-state index in [1.165, 1.54) is 18.4 Å². The van der Waals surface area contributed by atoms with Gasteiger partial charge in [0.1, 0.15) is 12.4 Å². The van der Waals surface area contributed by atoms with Gasteiger partial charge in [0.2, 0.25) is 0 Å². The number of benzene rings is 1. The molecular formula is C13H20BrNO. The maximum Gasteiger partial charge on any atom is 0.122 e. The van der Waals surface area contributed by atoms with Crippen LogP contribution in [0.25, 0.3) is 0 Å². The molecule has 0 aromatic heterocycles. The SMILES string of the molecule is CCCCNCCOc1ccc(Br)cc1C. The fourth-order valence-corrected chi connectivity index (χ4v) is 1.91. The van der Waals surface area contributed by atoms with Crippen LogP contribution < -0.4 is 10.1 Å². The first-order valence-electron chi connectivity index (χ1n) is 5.83. The molecule has 16 heavy (non-hydrogen) atoms. The van der Waals surface area contributed by atoms with Gasteiger partial charge in [-0.05, 0) is 43.7 Å². The monoisotopic (exact) mass is 285 g/mol. The van der Waals surface area contributed by atoms with Gasteiger partial charge in [0, 0.05) is 11.0 Å². The van der Waals surface area contributed by atoms with Crippen molar-refractivity contribution >= 4 is 15.9 Å². The molecule has 0 saturated carbocycles. The van der Waals surface area contributed by atoms with Gasteiger partial charge in [0.25, 0.3) is 0 Å². The summed E-state index contributed by atoms with van der Waals surface area (Å²) < 4.78 is 6.78. The fraction of sp³-hybridized carbons (Fsp3) is 0.538. The predicted molar refractivity (Wildman–Crippen MR) is 72.2 cm³/mol. The molecule has 0 fully saturated rings. The van der Waals surface area contributed by atoms with Crippen molar-refractivity contribution in [2.75, 3.05) is 19.7 Å². The molecule has 0 aliphatic rings. The number of rotatable bonds is 7. The fourth-order valence-electron chi connectivity index (χ4n) is 1.43. The van der Waals surface area contributed by atoms with Crippen molar-refractivity contribution in [3.05, 3.63) is 28.2 Å². The Morgan fingerprint density at radius 2 is 2.12 bits per heavy atom. The van der Waals surface area contributed by atoms with Crippen LogP contribution in [0.2, 0.25) is 0 Å². The Morgan fingerprint density at radius 1 is 1.31 bits per heavy atom. The molecule has 0 heterocycles. The molecule has 0 radical (unpaired) electrons. The molecule has 0 aliphatic heterocycles. The molecule has 0 aliphatic carbocycles. The van der Waals surface area contributed by atoms with Crippen molar-refractivity contribution in [3.63, 3.8) is 0 Å². The Labute approximate surface area is 107 Å². The molecule has 90 valence electrons. The summed E-state index contributed by atoms with van der Waals surface area (Å²) in [7, 11) is 0. The Hall–Kier alpha value is -0.540. The minimum atomic E-state index is 0.728. The molecule has 0 bridgehead atoms. The number of aryl methyl sites for hydroxylation is 1. The van der Waals surface area contributed by atoms with E-state index < -0.39 is 0 Å². The largest absolute Gasteiger partial charge is 0.492 e. The highest BCUT2D eigenvalue weighted by molar-refractivity contribution is 9.10. The van der Waals surface area contributed by atoms with E-state index in [2.05, 4.69) is 41.2 Å². The maximum absolute atomic E-state index is 5.69. The van der Waals surface area contributed by atoms with Crippen molar-refractivity contribution < 1.29 is 4.74 Å². The van der Waals surface area contributed by atoms with E-state index in [0.717, 1.165) is 29.9 Å². The second-order valence-corrected chi connectivity index (χ2v) is 4.78. The lowest BCUT2D eigenvalue weighted by Crippen LogP contribution is -2.22. The molecule has 1 aromatic rings. The lowest BCUT2D eigenvalue weighted by atomic mass is 10.2. The molecule has 0 unspecified atom stereocenters. The van der Waals surface area contributed by atoms with Crippen molar-refractivity contribution in [3.8, 4) is 5.75 Å². The average molecular weight is 286 g/mol. The zero-order valence-electron chi connectivity index (χ0n) is 10.1. The zero-order valence-corrected chi connectivity index (χ0v) is 11.6. The third-order valence-corrected chi connectivity index (χ3v) is 2.87. The van der Waals surface area contributed by atoms with Crippen molar-refractivity contribution in [1.29, 1.82) is 0 Å². The molecule has 0 spiro atoms. The Morgan fingerprint density at radius 3 is 2.81 bits per heavy atom. The van der Waals surface area contributed by atoms with E-state index >= 15 is 0 Å². The van der Waals surface area contributed by atoms with Gasteiger partial charge in [0.05, 0.1) is 0 Å². The summed E-state index contributed by atoms with van der Waals surface area (Å²) >= 11 is 3.44. The minimum Gasteiger partial charge on any atom is -0.492 e. The molecule has 3 heteroatoms. The normalized spacial score (nSPS) is 10.4. The summed E-state index contributed by atoms with van der Waals surface area (Å²) in [5, 5.41) is 3.35. The van der Waals surface area contributed by atoms with Gasteiger partial charge in [-0.1, -0.05) is 29.3 Å². The van der Waals surface area contributed by atoms with Crippen molar-refractivity contribution in [2.45, 2.75) is 26.7 Å². The van der Waals surface area contributed by atoms with Gasteiger partial charge < -0.3 is 10.1 Å². The van der Waals surface area contributed by atoms with Crippen LogP contribution in [0.5, 0.6) is 5.75 Å². The van der Waals surface area contributed by atoms with E-state index in [1.807, 2.05) is 12.1 Å². The Bertz CT molecular complexity index is 315. The number of ether oxygens (including phenoxy) is 1. The highest BCUT2D eigenvalue weighted by Crippen LogP contribution is 2.21. The van der Waals surface area contributed by atoms with E-state index in [1.54, 1.807) is 0 Å². The van der Waals surface area contributed by atoms with Crippen LogP contribution in [0.3, 0.4) is 0 Å². The van der Waals surface area contributed by atoms with Gasteiger partial charge in [-0.2, -0.15) is 0 Å². The molecule has 0 saturated heterocycles. The topological polar surface area (TPSA) is 21.3 Å². The zero-order chi connectivity index (χ0) is 11.8. The van der Waals surface area contributed by atoms with Crippen LogP contribution in [-0.2, 0) is 0 Å². The molecule has 0 atom stereocenters. The van der Waals surface area contributed by atoms with E-state index in [-0.39, 0.29) is 0 Å². The summed E-state index contributed by atoms with van der Waals surface area (Å²) in [4.78, 5) is 0. The summed E-state index contributed by atoms with van der Waals surface area (Å²) in [6.07, 6.45) is 2.47. The third-order valence-electron chi connectivity index (χ3n) is 2.38. The van der Waals surface area contributed by atoms with Gasteiger partial charge in [0.15, 0.2) is 0 Å². The van der Waals surface area contributed by atoms with Gasteiger partial charge in [-0.25, -0.2) is 0 Å². The number of unbranched alkanes of at least 4 members (excludes halogenated alkanes) is 1. The average Bonchev–Trinajstić information content (AvgIpc) is 2.26.